The lowest BCUT2D eigenvalue weighted by atomic mass is 9.84. The number of rotatable bonds is 5. The molecule has 0 spiro atoms. The summed E-state index contributed by atoms with van der Waals surface area (Å²) in [6, 6.07) is 5.36. The monoisotopic (exact) mass is 318 g/mol. The Morgan fingerprint density at radius 1 is 1.17 bits per heavy atom. The van der Waals surface area contributed by atoms with E-state index in [9.17, 15) is 14.7 Å². The van der Waals surface area contributed by atoms with Crippen molar-refractivity contribution in [3.63, 3.8) is 0 Å². The Morgan fingerprint density at radius 2 is 1.74 bits per heavy atom. The number of hydrogen-bond donors (Lipinski definition) is 2. The quantitative estimate of drug-likeness (QED) is 0.820. The number of benzene rings is 1. The van der Waals surface area contributed by atoms with Crippen LogP contribution in [0.1, 0.15) is 50.0 Å². The van der Waals surface area contributed by atoms with Gasteiger partial charge in [0.25, 0.3) is 5.91 Å². The number of imide groups is 1. The van der Waals surface area contributed by atoms with Crippen LogP contribution in [0.15, 0.2) is 18.2 Å². The summed E-state index contributed by atoms with van der Waals surface area (Å²) in [7, 11) is 0. The number of nitrogens with one attached hydrogen (secondary N) is 1. The van der Waals surface area contributed by atoms with E-state index in [1.54, 1.807) is 0 Å². The zero-order valence-corrected chi connectivity index (χ0v) is 14.5. The van der Waals surface area contributed by atoms with E-state index in [-0.39, 0.29) is 18.4 Å². The van der Waals surface area contributed by atoms with Crippen molar-refractivity contribution in [2.75, 3.05) is 6.54 Å². The molecule has 1 heterocycles. The first-order chi connectivity index (χ1) is 10.7. The Labute approximate surface area is 137 Å². The van der Waals surface area contributed by atoms with Gasteiger partial charge < -0.3 is 10.4 Å². The van der Waals surface area contributed by atoms with E-state index in [4.69, 9.17) is 0 Å². The summed E-state index contributed by atoms with van der Waals surface area (Å²) in [5, 5.41) is 13.3. The minimum Gasteiger partial charge on any atom is -0.387 e. The van der Waals surface area contributed by atoms with Gasteiger partial charge in [-0.3, -0.25) is 9.69 Å². The van der Waals surface area contributed by atoms with E-state index >= 15 is 0 Å². The van der Waals surface area contributed by atoms with Crippen LogP contribution < -0.4 is 5.32 Å². The fourth-order valence-corrected chi connectivity index (χ4v) is 3.33. The molecular formula is C18H26N2O3. The topological polar surface area (TPSA) is 69.6 Å². The maximum Gasteiger partial charge on any atom is 0.325 e. The fourth-order valence-electron chi connectivity index (χ4n) is 3.33. The van der Waals surface area contributed by atoms with Gasteiger partial charge in [-0.2, -0.15) is 0 Å². The third kappa shape index (κ3) is 3.11. The normalized spacial score (nSPS) is 22.7. The molecule has 0 aromatic heterocycles. The van der Waals surface area contributed by atoms with E-state index in [1.807, 2.05) is 52.8 Å². The van der Waals surface area contributed by atoms with Crippen molar-refractivity contribution < 1.29 is 14.7 Å². The molecule has 0 radical (unpaired) electrons. The zero-order chi connectivity index (χ0) is 17.4. The smallest absolute Gasteiger partial charge is 0.325 e. The minimum absolute atomic E-state index is 0.00712. The van der Waals surface area contributed by atoms with Crippen molar-refractivity contribution in [3.05, 3.63) is 34.9 Å². The largest absolute Gasteiger partial charge is 0.387 e. The van der Waals surface area contributed by atoms with Gasteiger partial charge in [0.2, 0.25) is 0 Å². The number of aliphatic hydroxyl groups is 1. The van der Waals surface area contributed by atoms with Crippen molar-refractivity contribution >= 4 is 11.9 Å². The SMILES string of the molecule is CCC1(C(C)C)NC(=O)N(CC(O)c2cc(C)cc(C)c2)C1=O. The number of hydrogen-bond acceptors (Lipinski definition) is 3. The Balaban J connectivity index is 2.22. The second kappa shape index (κ2) is 6.32. The van der Waals surface area contributed by atoms with E-state index in [1.165, 1.54) is 0 Å². The van der Waals surface area contributed by atoms with Gasteiger partial charge >= 0.3 is 6.03 Å². The molecule has 0 saturated carbocycles. The van der Waals surface area contributed by atoms with Crippen LogP contribution in [0.4, 0.5) is 4.79 Å². The third-order valence-corrected chi connectivity index (χ3v) is 4.73. The lowest BCUT2D eigenvalue weighted by molar-refractivity contribution is -0.134. The predicted molar refractivity (Wildman–Crippen MR) is 89.0 cm³/mol. The molecule has 126 valence electrons. The first-order valence-corrected chi connectivity index (χ1v) is 8.11. The second-order valence-corrected chi connectivity index (χ2v) is 6.76. The molecule has 5 nitrogen and oxygen atoms in total. The number of aryl methyl sites for hydroxylation is 2. The van der Waals surface area contributed by atoms with Crippen molar-refractivity contribution in [2.24, 2.45) is 5.92 Å². The van der Waals surface area contributed by atoms with Gasteiger partial charge in [-0.25, -0.2) is 4.79 Å². The lowest BCUT2D eigenvalue weighted by Crippen LogP contribution is -2.51. The van der Waals surface area contributed by atoms with Gasteiger partial charge in [0.1, 0.15) is 5.54 Å². The van der Waals surface area contributed by atoms with E-state index in [0.29, 0.717) is 6.42 Å². The summed E-state index contributed by atoms with van der Waals surface area (Å²) in [5.41, 5.74) is 1.95. The van der Waals surface area contributed by atoms with Crippen LogP contribution in [0.2, 0.25) is 0 Å². The number of amides is 3. The standard InChI is InChI=1S/C18H26N2O3/c1-6-18(11(2)3)16(22)20(17(23)19-18)10-15(21)14-8-12(4)7-13(5)9-14/h7-9,11,15,21H,6,10H2,1-5H3,(H,19,23). The third-order valence-electron chi connectivity index (χ3n) is 4.73. The van der Waals surface area contributed by atoms with Gasteiger partial charge in [-0.15, -0.1) is 0 Å². The van der Waals surface area contributed by atoms with Crippen LogP contribution in [0, 0.1) is 19.8 Å². The molecule has 2 unspecified atom stereocenters. The molecule has 0 bridgehead atoms. The highest BCUT2D eigenvalue weighted by Crippen LogP contribution is 2.30. The van der Waals surface area contributed by atoms with Crippen LogP contribution in [0.3, 0.4) is 0 Å². The molecule has 5 heteroatoms. The number of urea groups is 1. The molecule has 1 saturated heterocycles. The fraction of sp³-hybridized carbons (Fsp3) is 0.556. The first kappa shape index (κ1) is 17.5. The van der Waals surface area contributed by atoms with Crippen LogP contribution >= 0.6 is 0 Å². The van der Waals surface area contributed by atoms with E-state index in [0.717, 1.165) is 21.6 Å². The Kier molecular flexibility index (Phi) is 4.80. The lowest BCUT2D eigenvalue weighted by Gasteiger charge is -2.29. The van der Waals surface area contributed by atoms with Gasteiger partial charge in [0.15, 0.2) is 0 Å². The summed E-state index contributed by atoms with van der Waals surface area (Å²) < 4.78 is 0. The van der Waals surface area contributed by atoms with Crippen LogP contribution in [0.25, 0.3) is 0 Å². The second-order valence-electron chi connectivity index (χ2n) is 6.76. The first-order valence-electron chi connectivity index (χ1n) is 8.11. The summed E-state index contributed by atoms with van der Waals surface area (Å²) in [4.78, 5) is 26.1. The summed E-state index contributed by atoms with van der Waals surface area (Å²) in [6.07, 6.45) is -0.353. The molecule has 1 fully saturated rings. The molecule has 23 heavy (non-hydrogen) atoms. The summed E-state index contributed by atoms with van der Waals surface area (Å²) >= 11 is 0. The molecule has 1 aromatic rings. The molecular weight excluding hydrogens is 292 g/mol. The highest BCUT2D eigenvalue weighted by molar-refractivity contribution is 6.07. The van der Waals surface area contributed by atoms with Crippen LogP contribution in [-0.2, 0) is 4.79 Å². The Bertz CT molecular complexity index is 606. The maximum atomic E-state index is 12.7. The molecule has 0 aliphatic carbocycles. The van der Waals surface area contributed by atoms with E-state index < -0.39 is 17.7 Å². The number of aliphatic hydroxyl groups excluding tert-OH is 1. The van der Waals surface area contributed by atoms with Gasteiger partial charge in [0.05, 0.1) is 12.6 Å². The Hall–Kier alpha value is -1.88. The highest BCUT2D eigenvalue weighted by atomic mass is 16.3. The van der Waals surface area contributed by atoms with Crippen molar-refractivity contribution in [2.45, 2.75) is 52.7 Å². The summed E-state index contributed by atoms with van der Waals surface area (Å²) in [5.74, 6) is -0.254. The van der Waals surface area contributed by atoms with Crippen molar-refractivity contribution in [3.8, 4) is 0 Å². The zero-order valence-electron chi connectivity index (χ0n) is 14.5. The highest BCUT2D eigenvalue weighted by Gasteiger charge is 2.52. The molecule has 2 N–H and O–H groups in total. The molecule has 1 aliphatic rings. The average Bonchev–Trinajstić information content (AvgIpc) is 2.71. The van der Waals surface area contributed by atoms with Gasteiger partial charge in [-0.05, 0) is 31.7 Å². The van der Waals surface area contributed by atoms with Crippen molar-refractivity contribution in [1.29, 1.82) is 0 Å². The minimum atomic E-state index is -0.886. The molecule has 1 aromatic carbocycles. The van der Waals surface area contributed by atoms with Crippen LogP contribution in [-0.4, -0.2) is 34.0 Å². The van der Waals surface area contributed by atoms with E-state index in [2.05, 4.69) is 5.32 Å². The number of nitrogens with zero attached hydrogens (tertiary/aromatic N) is 1. The molecule has 3 amide bonds. The molecule has 2 atom stereocenters. The number of carbonyl (C=O) groups excluding carboxylic acids is 2. The molecule has 1 aliphatic heterocycles. The van der Waals surface area contributed by atoms with Gasteiger partial charge in [0, 0.05) is 0 Å². The van der Waals surface area contributed by atoms with Crippen LogP contribution in [0.5, 0.6) is 0 Å². The maximum absolute atomic E-state index is 12.7. The van der Waals surface area contributed by atoms with Gasteiger partial charge in [-0.1, -0.05) is 50.1 Å². The predicted octanol–water partition coefficient (Wildman–Crippen LogP) is 2.69. The molecule has 2 rings (SSSR count). The Morgan fingerprint density at radius 3 is 2.17 bits per heavy atom. The number of carbonyl (C=O) groups is 2. The summed E-state index contributed by atoms with van der Waals surface area (Å²) in [6.45, 7) is 9.62. The van der Waals surface area contributed by atoms with Crippen molar-refractivity contribution in [1.82, 2.24) is 10.2 Å². The number of β-amino-alcohol motifs (C(OH)–C–C–N with tert-alkyl or cyclic N) is 1. The average molecular weight is 318 g/mol.